The van der Waals surface area contributed by atoms with Crippen LogP contribution in [0, 0.1) is 0 Å². The molecule has 1 N–H and O–H groups in total. The Labute approximate surface area is 129 Å². The van der Waals surface area contributed by atoms with Crippen LogP contribution in [0.5, 0.6) is 0 Å². The fourth-order valence-corrected chi connectivity index (χ4v) is 3.14. The zero-order chi connectivity index (χ0) is 13.9. The van der Waals surface area contributed by atoms with Gasteiger partial charge in [0.25, 0.3) is 0 Å². The molecule has 0 aromatic heterocycles. The van der Waals surface area contributed by atoms with E-state index in [0.717, 1.165) is 25.3 Å². The first-order valence-corrected chi connectivity index (χ1v) is 7.48. The van der Waals surface area contributed by atoms with Crippen molar-refractivity contribution >= 4 is 28.9 Å². The zero-order valence-electron chi connectivity index (χ0n) is 11.0. The lowest BCUT2D eigenvalue weighted by Crippen LogP contribution is -2.46. The van der Waals surface area contributed by atoms with Crippen molar-refractivity contribution in [2.75, 3.05) is 24.5 Å². The number of anilines is 1. The maximum atomic E-state index is 6.31. The van der Waals surface area contributed by atoms with Crippen LogP contribution in [-0.2, 0) is 0 Å². The lowest BCUT2D eigenvalue weighted by Gasteiger charge is -2.36. The Morgan fingerprint density at radius 3 is 2.60 bits per heavy atom. The van der Waals surface area contributed by atoms with Crippen LogP contribution in [0.15, 0.2) is 48.5 Å². The first-order chi connectivity index (χ1) is 9.74. The molecule has 20 heavy (non-hydrogen) atoms. The van der Waals surface area contributed by atoms with E-state index >= 15 is 0 Å². The van der Waals surface area contributed by atoms with Crippen LogP contribution < -0.4 is 10.2 Å². The highest BCUT2D eigenvalue weighted by molar-refractivity contribution is 6.36. The van der Waals surface area contributed by atoms with Gasteiger partial charge in [0.1, 0.15) is 0 Å². The van der Waals surface area contributed by atoms with Gasteiger partial charge < -0.3 is 10.2 Å². The van der Waals surface area contributed by atoms with Crippen molar-refractivity contribution in [1.82, 2.24) is 5.32 Å². The Hall–Kier alpha value is -1.22. The van der Waals surface area contributed by atoms with E-state index < -0.39 is 0 Å². The van der Waals surface area contributed by atoms with E-state index in [9.17, 15) is 0 Å². The van der Waals surface area contributed by atoms with Crippen LogP contribution in [0.2, 0.25) is 10.0 Å². The molecule has 3 rings (SSSR count). The van der Waals surface area contributed by atoms with E-state index in [-0.39, 0.29) is 0 Å². The maximum Gasteiger partial charge on any atom is 0.0654 e. The molecule has 1 unspecified atom stereocenters. The monoisotopic (exact) mass is 306 g/mol. The van der Waals surface area contributed by atoms with Crippen LogP contribution in [0.25, 0.3) is 0 Å². The minimum absolute atomic E-state index is 0.330. The predicted octanol–water partition coefficient (Wildman–Crippen LogP) is 4.14. The van der Waals surface area contributed by atoms with Gasteiger partial charge in [-0.05, 0) is 23.8 Å². The summed E-state index contributed by atoms with van der Waals surface area (Å²) in [7, 11) is 0. The fourth-order valence-electron chi connectivity index (χ4n) is 2.62. The summed E-state index contributed by atoms with van der Waals surface area (Å²) in [6.07, 6.45) is 0. The molecule has 2 nitrogen and oxygen atoms in total. The summed E-state index contributed by atoms with van der Waals surface area (Å²) < 4.78 is 0. The number of nitrogens with one attached hydrogen (secondary N) is 1. The molecule has 1 heterocycles. The lowest BCUT2D eigenvalue weighted by molar-refractivity contribution is 0.472. The van der Waals surface area contributed by atoms with Crippen LogP contribution in [0.1, 0.15) is 11.6 Å². The van der Waals surface area contributed by atoms with E-state index in [0.29, 0.717) is 16.1 Å². The molecule has 0 aliphatic carbocycles. The van der Waals surface area contributed by atoms with Gasteiger partial charge in [0, 0.05) is 30.7 Å². The van der Waals surface area contributed by atoms with E-state index in [4.69, 9.17) is 23.2 Å². The van der Waals surface area contributed by atoms with Crippen molar-refractivity contribution in [3.8, 4) is 0 Å². The molecule has 1 aliphatic heterocycles. The van der Waals surface area contributed by atoms with Gasteiger partial charge in [-0.25, -0.2) is 0 Å². The van der Waals surface area contributed by atoms with Gasteiger partial charge in [0.15, 0.2) is 0 Å². The van der Waals surface area contributed by atoms with Crippen LogP contribution in [0.4, 0.5) is 5.69 Å². The van der Waals surface area contributed by atoms with E-state index in [1.807, 2.05) is 18.2 Å². The molecule has 1 fully saturated rings. The van der Waals surface area contributed by atoms with Crippen LogP contribution in [-0.4, -0.2) is 19.6 Å². The molecule has 4 heteroatoms. The van der Waals surface area contributed by atoms with E-state index in [1.165, 1.54) is 5.56 Å². The molecule has 1 aliphatic rings. The van der Waals surface area contributed by atoms with E-state index in [1.54, 1.807) is 6.07 Å². The summed E-state index contributed by atoms with van der Waals surface area (Å²) >= 11 is 12.3. The second-order valence-electron chi connectivity index (χ2n) is 4.96. The molecule has 2 aromatic carbocycles. The molecular formula is C16H16Cl2N2. The normalized spacial score (nSPS) is 19.1. The highest BCUT2D eigenvalue weighted by Gasteiger charge is 2.22. The number of piperazine rings is 1. The standard InChI is InChI=1S/C16H16Cl2N2/c17-13-6-7-16(14(18)10-13)20-9-8-19-15(11-20)12-4-2-1-3-5-12/h1-7,10,15,19H,8-9,11H2. The molecule has 0 amide bonds. The Bertz CT molecular complexity index is 586. The predicted molar refractivity (Wildman–Crippen MR) is 85.9 cm³/mol. The summed E-state index contributed by atoms with van der Waals surface area (Å²) in [5, 5.41) is 4.94. The van der Waals surface area contributed by atoms with Crippen molar-refractivity contribution in [1.29, 1.82) is 0 Å². The van der Waals surface area contributed by atoms with Gasteiger partial charge in [-0.1, -0.05) is 53.5 Å². The quantitative estimate of drug-likeness (QED) is 0.897. The Kier molecular flexibility index (Phi) is 4.16. The van der Waals surface area contributed by atoms with Gasteiger partial charge in [-0.15, -0.1) is 0 Å². The van der Waals surface area contributed by atoms with Crippen molar-refractivity contribution < 1.29 is 0 Å². The maximum absolute atomic E-state index is 6.31. The molecule has 1 atom stereocenters. The molecule has 0 saturated carbocycles. The van der Waals surface area contributed by atoms with Gasteiger partial charge in [-0.3, -0.25) is 0 Å². The molecule has 2 aromatic rings. The number of rotatable bonds is 2. The van der Waals surface area contributed by atoms with Gasteiger partial charge in [0.05, 0.1) is 10.7 Å². The number of hydrogen-bond donors (Lipinski definition) is 1. The smallest absolute Gasteiger partial charge is 0.0654 e. The first kappa shape index (κ1) is 13.7. The van der Waals surface area contributed by atoms with Gasteiger partial charge in [0.2, 0.25) is 0 Å². The number of hydrogen-bond acceptors (Lipinski definition) is 2. The third-order valence-corrected chi connectivity index (χ3v) is 4.17. The fraction of sp³-hybridized carbons (Fsp3) is 0.250. The summed E-state index contributed by atoms with van der Waals surface area (Å²) in [5.41, 5.74) is 2.36. The first-order valence-electron chi connectivity index (χ1n) is 6.72. The molecule has 1 saturated heterocycles. The zero-order valence-corrected chi connectivity index (χ0v) is 12.5. The average molecular weight is 307 g/mol. The highest BCUT2D eigenvalue weighted by atomic mass is 35.5. The average Bonchev–Trinajstić information content (AvgIpc) is 2.48. The minimum atomic E-state index is 0.330. The second-order valence-corrected chi connectivity index (χ2v) is 5.80. The summed E-state index contributed by atoms with van der Waals surface area (Å²) in [5.74, 6) is 0. The third kappa shape index (κ3) is 2.93. The lowest BCUT2D eigenvalue weighted by atomic mass is 10.0. The molecular weight excluding hydrogens is 291 g/mol. The number of nitrogens with zero attached hydrogens (tertiary/aromatic N) is 1. The highest BCUT2D eigenvalue weighted by Crippen LogP contribution is 2.31. The Morgan fingerprint density at radius 1 is 1.05 bits per heavy atom. The Morgan fingerprint density at radius 2 is 1.85 bits per heavy atom. The van der Waals surface area contributed by atoms with Crippen LogP contribution >= 0.6 is 23.2 Å². The minimum Gasteiger partial charge on any atom is -0.367 e. The molecule has 104 valence electrons. The Balaban J connectivity index is 1.81. The van der Waals surface area contributed by atoms with Crippen LogP contribution in [0.3, 0.4) is 0 Å². The largest absolute Gasteiger partial charge is 0.367 e. The van der Waals surface area contributed by atoms with Gasteiger partial charge in [-0.2, -0.15) is 0 Å². The van der Waals surface area contributed by atoms with Crippen molar-refractivity contribution in [2.45, 2.75) is 6.04 Å². The molecule has 0 bridgehead atoms. The van der Waals surface area contributed by atoms with Crippen molar-refractivity contribution in [2.24, 2.45) is 0 Å². The van der Waals surface area contributed by atoms with E-state index in [2.05, 4.69) is 34.5 Å². The SMILES string of the molecule is Clc1ccc(N2CCNC(c3ccccc3)C2)c(Cl)c1. The van der Waals surface area contributed by atoms with Crippen molar-refractivity contribution in [3.05, 3.63) is 64.1 Å². The second kappa shape index (κ2) is 6.04. The summed E-state index contributed by atoms with van der Waals surface area (Å²) in [4.78, 5) is 2.31. The topological polar surface area (TPSA) is 15.3 Å². The summed E-state index contributed by atoms with van der Waals surface area (Å²) in [6, 6.07) is 16.5. The molecule has 0 radical (unpaired) electrons. The van der Waals surface area contributed by atoms with Crippen molar-refractivity contribution in [3.63, 3.8) is 0 Å². The number of halogens is 2. The summed E-state index contributed by atoms with van der Waals surface area (Å²) in [6.45, 7) is 2.80. The third-order valence-electron chi connectivity index (χ3n) is 3.63. The van der Waals surface area contributed by atoms with Gasteiger partial charge >= 0.3 is 0 Å². The number of benzene rings is 2. The molecule has 0 spiro atoms.